The van der Waals surface area contributed by atoms with E-state index in [2.05, 4.69) is 55.8 Å². The average Bonchev–Trinajstić information content (AvgIpc) is 2.34. The fourth-order valence-electron chi connectivity index (χ4n) is 1.75. The highest BCUT2D eigenvalue weighted by atomic mass is 127. The zero-order valence-corrected chi connectivity index (χ0v) is 19.2. The van der Waals surface area contributed by atoms with E-state index in [0.717, 1.165) is 0 Å². The topological polar surface area (TPSA) is 84.2 Å². The Kier molecular flexibility index (Phi) is 7.63. The van der Waals surface area contributed by atoms with Gasteiger partial charge < -0.3 is 16.4 Å². The van der Waals surface area contributed by atoms with Crippen LogP contribution in [-0.4, -0.2) is 23.9 Å². The molecule has 0 saturated carbocycles. The third-order valence-corrected chi connectivity index (χ3v) is 5.96. The van der Waals surface area contributed by atoms with Gasteiger partial charge in [0, 0.05) is 15.7 Å². The van der Waals surface area contributed by atoms with Gasteiger partial charge in [-0.3, -0.25) is 9.59 Å². The zero-order valence-electron chi connectivity index (χ0n) is 12.7. The highest BCUT2D eigenvalue weighted by molar-refractivity contribution is 14.1. The molecule has 0 aromatic heterocycles. The Balaban J connectivity index is 3.50. The molecule has 2 amide bonds. The summed E-state index contributed by atoms with van der Waals surface area (Å²) in [6.45, 7) is 7.56. The quantitative estimate of drug-likeness (QED) is 0.349. The molecule has 0 atom stereocenters. The first-order valence-corrected chi connectivity index (χ1v) is 9.89. The molecule has 122 valence electrons. The SMILES string of the molecule is CC(C)NC(=O)c1c(I)c(N)c(I)c(C(=O)NC(C)C)c1I. The molecule has 0 saturated heterocycles. The normalized spacial score (nSPS) is 11.0. The second-order valence-corrected chi connectivity index (χ2v) is 8.60. The van der Waals surface area contributed by atoms with Crippen LogP contribution in [0.1, 0.15) is 48.4 Å². The maximum absolute atomic E-state index is 12.4. The molecule has 22 heavy (non-hydrogen) atoms. The fraction of sp³-hybridized carbons (Fsp3) is 0.429. The molecular weight excluding hydrogens is 623 g/mol. The van der Waals surface area contributed by atoms with Gasteiger partial charge in [-0.05, 0) is 95.5 Å². The van der Waals surface area contributed by atoms with Crippen molar-refractivity contribution in [1.29, 1.82) is 0 Å². The van der Waals surface area contributed by atoms with Gasteiger partial charge in [-0.15, -0.1) is 0 Å². The van der Waals surface area contributed by atoms with Crippen LogP contribution in [0.15, 0.2) is 0 Å². The van der Waals surface area contributed by atoms with Gasteiger partial charge in [0.15, 0.2) is 0 Å². The smallest absolute Gasteiger partial charge is 0.253 e. The number of nitrogens with two attached hydrogens (primary N) is 1. The Bertz CT molecular complexity index is 567. The summed E-state index contributed by atoms with van der Waals surface area (Å²) in [7, 11) is 0. The van der Waals surface area contributed by atoms with Crippen LogP contribution >= 0.6 is 67.8 Å². The number of anilines is 1. The van der Waals surface area contributed by atoms with Gasteiger partial charge in [-0.1, -0.05) is 0 Å². The van der Waals surface area contributed by atoms with Crippen molar-refractivity contribution >= 4 is 85.3 Å². The van der Waals surface area contributed by atoms with Gasteiger partial charge >= 0.3 is 0 Å². The van der Waals surface area contributed by atoms with Crippen LogP contribution in [0, 0.1) is 10.7 Å². The van der Waals surface area contributed by atoms with Gasteiger partial charge in [0.2, 0.25) is 0 Å². The van der Waals surface area contributed by atoms with Gasteiger partial charge in [-0.2, -0.15) is 0 Å². The minimum atomic E-state index is -0.217. The first-order valence-electron chi connectivity index (χ1n) is 6.65. The highest BCUT2D eigenvalue weighted by Gasteiger charge is 2.27. The molecule has 4 N–H and O–H groups in total. The molecule has 0 heterocycles. The monoisotopic (exact) mass is 641 g/mol. The number of amides is 2. The van der Waals surface area contributed by atoms with Crippen LogP contribution < -0.4 is 16.4 Å². The first-order chi connectivity index (χ1) is 10.1. The number of carbonyl (C=O) groups is 2. The molecule has 0 fully saturated rings. The number of hydrogen-bond donors (Lipinski definition) is 3. The zero-order chi connectivity index (χ0) is 17.2. The standard InChI is InChI=1S/C14H18I3N3O2/c1-5(2)19-13(21)7-9(15)8(14(22)20-6(3)4)11(17)12(18)10(7)16/h5-6H,18H2,1-4H3,(H,19,21)(H,20,22). The van der Waals surface area contributed by atoms with Crippen LogP contribution in [-0.2, 0) is 0 Å². The second kappa shape index (κ2) is 8.31. The molecule has 1 rings (SSSR count). The molecule has 0 aliphatic carbocycles. The lowest BCUT2D eigenvalue weighted by molar-refractivity contribution is 0.0941. The summed E-state index contributed by atoms with van der Waals surface area (Å²) >= 11 is 6.16. The van der Waals surface area contributed by atoms with Crippen LogP contribution in [0.2, 0.25) is 0 Å². The van der Waals surface area contributed by atoms with Crippen molar-refractivity contribution in [3.8, 4) is 0 Å². The van der Waals surface area contributed by atoms with Crippen LogP contribution in [0.5, 0.6) is 0 Å². The van der Waals surface area contributed by atoms with Crippen molar-refractivity contribution in [1.82, 2.24) is 10.6 Å². The van der Waals surface area contributed by atoms with E-state index in [1.165, 1.54) is 0 Å². The van der Waals surface area contributed by atoms with Gasteiger partial charge in [-0.25, -0.2) is 0 Å². The van der Waals surface area contributed by atoms with E-state index in [1.807, 2.05) is 50.3 Å². The number of halogens is 3. The maximum atomic E-state index is 12.4. The summed E-state index contributed by atoms with van der Waals surface area (Å²) in [6, 6.07) is 0.0140. The number of nitrogen functional groups attached to an aromatic ring is 1. The van der Waals surface area contributed by atoms with Crippen molar-refractivity contribution in [2.45, 2.75) is 39.8 Å². The largest absolute Gasteiger partial charge is 0.397 e. The Morgan fingerprint density at radius 1 is 0.818 bits per heavy atom. The van der Waals surface area contributed by atoms with E-state index in [1.54, 1.807) is 0 Å². The van der Waals surface area contributed by atoms with E-state index in [-0.39, 0.29) is 23.9 Å². The lowest BCUT2D eigenvalue weighted by atomic mass is 10.1. The Morgan fingerprint density at radius 3 is 1.41 bits per heavy atom. The predicted octanol–water partition coefficient (Wildman–Crippen LogP) is 3.36. The van der Waals surface area contributed by atoms with Crippen molar-refractivity contribution in [2.24, 2.45) is 0 Å². The molecule has 0 aliphatic heterocycles. The summed E-state index contributed by atoms with van der Waals surface area (Å²) in [4.78, 5) is 24.9. The molecule has 8 heteroatoms. The lowest BCUT2D eigenvalue weighted by Crippen LogP contribution is -2.35. The summed E-state index contributed by atoms with van der Waals surface area (Å²) in [5, 5.41) is 5.71. The summed E-state index contributed by atoms with van der Waals surface area (Å²) in [5.74, 6) is -0.434. The number of benzene rings is 1. The Hall–Kier alpha value is 0.150. The summed E-state index contributed by atoms with van der Waals surface area (Å²) in [5.41, 5.74) is 7.49. The molecule has 0 unspecified atom stereocenters. The average molecular weight is 641 g/mol. The third kappa shape index (κ3) is 4.58. The molecular formula is C14H18I3N3O2. The maximum Gasteiger partial charge on any atom is 0.253 e. The summed E-state index contributed by atoms with van der Waals surface area (Å²) in [6.07, 6.45) is 0. The number of rotatable bonds is 4. The number of nitrogens with one attached hydrogen (secondary N) is 2. The number of hydrogen-bond acceptors (Lipinski definition) is 3. The molecule has 0 aliphatic rings. The van der Waals surface area contributed by atoms with Crippen molar-refractivity contribution in [2.75, 3.05) is 5.73 Å². The molecule has 1 aromatic rings. The van der Waals surface area contributed by atoms with Crippen molar-refractivity contribution in [3.05, 3.63) is 21.8 Å². The van der Waals surface area contributed by atoms with E-state index >= 15 is 0 Å². The lowest BCUT2D eigenvalue weighted by Gasteiger charge is -2.18. The fourth-order valence-corrected chi connectivity index (χ4v) is 5.90. The number of carbonyl (C=O) groups excluding carboxylic acids is 2. The third-order valence-electron chi connectivity index (χ3n) is 2.64. The van der Waals surface area contributed by atoms with Crippen LogP contribution in [0.3, 0.4) is 0 Å². The van der Waals surface area contributed by atoms with Crippen LogP contribution in [0.4, 0.5) is 5.69 Å². The highest BCUT2D eigenvalue weighted by Crippen LogP contribution is 2.33. The predicted molar refractivity (Wildman–Crippen MR) is 114 cm³/mol. The second-order valence-electron chi connectivity index (χ2n) is 5.36. The van der Waals surface area contributed by atoms with Gasteiger partial charge in [0.1, 0.15) is 0 Å². The minimum Gasteiger partial charge on any atom is -0.397 e. The Labute approximate surface area is 171 Å². The van der Waals surface area contributed by atoms with Crippen LogP contribution in [0.25, 0.3) is 0 Å². The minimum absolute atomic E-state index is 0.00698. The molecule has 0 bridgehead atoms. The van der Waals surface area contributed by atoms with E-state index in [4.69, 9.17) is 5.73 Å². The molecule has 0 radical (unpaired) electrons. The van der Waals surface area contributed by atoms with Crippen molar-refractivity contribution in [3.63, 3.8) is 0 Å². The summed E-state index contributed by atoms with van der Waals surface area (Å²) < 4.78 is 1.97. The van der Waals surface area contributed by atoms with E-state index < -0.39 is 0 Å². The van der Waals surface area contributed by atoms with Gasteiger partial charge in [0.05, 0.1) is 24.0 Å². The van der Waals surface area contributed by atoms with E-state index in [0.29, 0.717) is 27.5 Å². The van der Waals surface area contributed by atoms with Gasteiger partial charge in [0.25, 0.3) is 11.8 Å². The first kappa shape index (κ1) is 20.2. The molecule has 5 nitrogen and oxygen atoms in total. The van der Waals surface area contributed by atoms with E-state index in [9.17, 15) is 9.59 Å². The van der Waals surface area contributed by atoms with Crippen molar-refractivity contribution < 1.29 is 9.59 Å². The Morgan fingerprint density at radius 2 is 1.14 bits per heavy atom. The molecule has 1 aromatic carbocycles. The molecule has 0 spiro atoms.